The maximum atomic E-state index is 7.48. The monoisotopic (exact) mass is 243 g/mol. The summed E-state index contributed by atoms with van der Waals surface area (Å²) in [5, 5.41) is 7.48. The zero-order chi connectivity index (χ0) is 12.5. The molecule has 3 rings (SSSR count). The second kappa shape index (κ2) is 4.73. The third-order valence-corrected chi connectivity index (χ3v) is 4.45. The molecule has 1 aromatic rings. The van der Waals surface area contributed by atoms with Gasteiger partial charge < -0.3 is 5.73 Å². The number of nitrogen functional groups attached to an aromatic ring is 1. The number of rotatable bonds is 3. The van der Waals surface area contributed by atoms with Gasteiger partial charge in [0.05, 0.1) is 0 Å². The summed E-state index contributed by atoms with van der Waals surface area (Å²) in [6, 6.07) is 8.10. The number of nitrogens with two attached hydrogens (primary N) is 1. The number of fused-ring (bicyclic) bond motifs is 1. The van der Waals surface area contributed by atoms with Crippen molar-refractivity contribution in [1.29, 1.82) is 5.41 Å². The minimum Gasteiger partial charge on any atom is -0.384 e. The van der Waals surface area contributed by atoms with E-state index in [1.54, 1.807) is 0 Å². The Morgan fingerprint density at radius 2 is 2.00 bits per heavy atom. The van der Waals surface area contributed by atoms with Crippen molar-refractivity contribution in [3.63, 3.8) is 0 Å². The second-order valence-electron chi connectivity index (χ2n) is 5.76. The van der Waals surface area contributed by atoms with Gasteiger partial charge >= 0.3 is 0 Å². The third-order valence-electron chi connectivity index (χ3n) is 4.45. The fourth-order valence-electron chi connectivity index (χ4n) is 3.56. The molecule has 1 saturated heterocycles. The molecule has 0 aromatic heterocycles. The van der Waals surface area contributed by atoms with Gasteiger partial charge in [-0.05, 0) is 36.3 Å². The van der Waals surface area contributed by atoms with Crippen LogP contribution in [-0.2, 0) is 6.54 Å². The highest BCUT2D eigenvalue weighted by Gasteiger charge is 2.35. The molecule has 1 aromatic carbocycles. The maximum absolute atomic E-state index is 7.48. The van der Waals surface area contributed by atoms with Gasteiger partial charge in [-0.1, -0.05) is 24.6 Å². The van der Waals surface area contributed by atoms with Gasteiger partial charge in [-0.15, -0.1) is 0 Å². The summed E-state index contributed by atoms with van der Waals surface area (Å²) in [5.41, 5.74) is 7.66. The fourth-order valence-corrected chi connectivity index (χ4v) is 3.56. The van der Waals surface area contributed by atoms with E-state index in [0.717, 1.165) is 23.9 Å². The lowest BCUT2D eigenvalue weighted by molar-refractivity contribution is 0.303. The van der Waals surface area contributed by atoms with E-state index in [4.69, 9.17) is 11.1 Å². The Kier molecular flexibility index (Phi) is 3.08. The molecule has 1 saturated carbocycles. The molecule has 0 bridgehead atoms. The van der Waals surface area contributed by atoms with Crippen molar-refractivity contribution >= 4 is 5.84 Å². The number of benzene rings is 1. The number of likely N-dealkylation sites (tertiary alicyclic amines) is 1. The molecule has 0 spiro atoms. The first-order valence-electron chi connectivity index (χ1n) is 6.88. The predicted molar refractivity (Wildman–Crippen MR) is 73.6 cm³/mol. The van der Waals surface area contributed by atoms with Crippen LogP contribution >= 0.6 is 0 Å². The molecule has 1 aliphatic carbocycles. The lowest BCUT2D eigenvalue weighted by Crippen LogP contribution is -2.21. The normalized spacial score (nSPS) is 27.3. The molecule has 2 fully saturated rings. The van der Waals surface area contributed by atoms with Gasteiger partial charge in [0.25, 0.3) is 0 Å². The minimum absolute atomic E-state index is 0.162. The first kappa shape index (κ1) is 11.7. The zero-order valence-corrected chi connectivity index (χ0v) is 10.7. The highest BCUT2D eigenvalue weighted by molar-refractivity contribution is 5.95. The Morgan fingerprint density at radius 1 is 1.28 bits per heavy atom. The number of hydrogen-bond donors (Lipinski definition) is 2. The van der Waals surface area contributed by atoms with Gasteiger partial charge in [-0.2, -0.15) is 0 Å². The predicted octanol–water partition coefficient (Wildman–Crippen LogP) is 2.20. The Hall–Kier alpha value is -1.35. The van der Waals surface area contributed by atoms with Crippen LogP contribution in [0.1, 0.15) is 30.4 Å². The highest BCUT2D eigenvalue weighted by Crippen LogP contribution is 2.38. The highest BCUT2D eigenvalue weighted by atomic mass is 15.2. The zero-order valence-electron chi connectivity index (χ0n) is 10.7. The molecule has 1 aliphatic heterocycles. The summed E-state index contributed by atoms with van der Waals surface area (Å²) in [6.07, 6.45) is 4.28. The molecule has 0 radical (unpaired) electrons. The van der Waals surface area contributed by atoms with E-state index in [9.17, 15) is 0 Å². The van der Waals surface area contributed by atoms with Gasteiger partial charge in [0.1, 0.15) is 5.84 Å². The van der Waals surface area contributed by atoms with Gasteiger partial charge in [0.2, 0.25) is 0 Å². The molecule has 1 heterocycles. The van der Waals surface area contributed by atoms with Gasteiger partial charge in [0.15, 0.2) is 0 Å². The van der Waals surface area contributed by atoms with Crippen LogP contribution in [0.25, 0.3) is 0 Å². The van der Waals surface area contributed by atoms with Crippen LogP contribution in [0.3, 0.4) is 0 Å². The fraction of sp³-hybridized carbons (Fsp3) is 0.533. The summed E-state index contributed by atoms with van der Waals surface area (Å²) in [6.45, 7) is 3.53. The summed E-state index contributed by atoms with van der Waals surface area (Å²) in [5.74, 6) is 2.05. The van der Waals surface area contributed by atoms with Crippen molar-refractivity contribution in [3.8, 4) is 0 Å². The molecule has 3 N–H and O–H groups in total. The molecule has 2 aliphatic rings. The molecule has 18 heavy (non-hydrogen) atoms. The summed E-state index contributed by atoms with van der Waals surface area (Å²) in [7, 11) is 0. The quantitative estimate of drug-likeness (QED) is 0.631. The Morgan fingerprint density at radius 3 is 2.67 bits per heavy atom. The van der Waals surface area contributed by atoms with Crippen LogP contribution in [0.4, 0.5) is 0 Å². The first-order valence-corrected chi connectivity index (χ1v) is 6.88. The lowest BCUT2D eigenvalue weighted by Gasteiger charge is -2.17. The molecular formula is C15H21N3. The number of nitrogens with zero attached hydrogens (tertiary/aromatic N) is 1. The largest absolute Gasteiger partial charge is 0.384 e. The van der Waals surface area contributed by atoms with E-state index in [-0.39, 0.29) is 5.84 Å². The summed E-state index contributed by atoms with van der Waals surface area (Å²) in [4.78, 5) is 2.56. The van der Waals surface area contributed by atoms with Crippen LogP contribution in [0.15, 0.2) is 24.3 Å². The van der Waals surface area contributed by atoms with E-state index >= 15 is 0 Å². The van der Waals surface area contributed by atoms with E-state index < -0.39 is 0 Å². The van der Waals surface area contributed by atoms with E-state index in [2.05, 4.69) is 17.0 Å². The van der Waals surface area contributed by atoms with Gasteiger partial charge in [0, 0.05) is 25.2 Å². The second-order valence-corrected chi connectivity index (χ2v) is 5.76. The summed E-state index contributed by atoms with van der Waals surface area (Å²) >= 11 is 0. The number of amidine groups is 1. The van der Waals surface area contributed by atoms with Gasteiger partial charge in [-0.25, -0.2) is 0 Å². The Balaban J connectivity index is 1.66. The molecule has 3 heteroatoms. The lowest BCUT2D eigenvalue weighted by atomic mass is 10.0. The van der Waals surface area contributed by atoms with E-state index in [1.807, 2.05) is 12.1 Å². The standard InChI is InChI=1S/C15H21N3/c16-15(17)12-4-1-3-11(7-12)8-18-9-13-5-2-6-14(13)10-18/h1,3-4,7,13-14H,2,5-6,8-10H2,(H3,16,17). The maximum Gasteiger partial charge on any atom is 0.122 e. The van der Waals surface area contributed by atoms with E-state index in [0.29, 0.717) is 0 Å². The molecular weight excluding hydrogens is 222 g/mol. The van der Waals surface area contributed by atoms with Crippen molar-refractivity contribution < 1.29 is 0 Å². The smallest absolute Gasteiger partial charge is 0.122 e. The average Bonchev–Trinajstić information content (AvgIpc) is 2.90. The minimum atomic E-state index is 0.162. The molecule has 96 valence electrons. The Labute approximate surface area is 108 Å². The van der Waals surface area contributed by atoms with Crippen LogP contribution < -0.4 is 5.73 Å². The van der Waals surface area contributed by atoms with Crippen LogP contribution in [0.2, 0.25) is 0 Å². The van der Waals surface area contributed by atoms with Crippen molar-refractivity contribution in [2.45, 2.75) is 25.8 Å². The molecule has 2 unspecified atom stereocenters. The van der Waals surface area contributed by atoms with Crippen LogP contribution in [0, 0.1) is 17.2 Å². The molecule has 3 nitrogen and oxygen atoms in total. The van der Waals surface area contributed by atoms with Crippen molar-refractivity contribution in [3.05, 3.63) is 35.4 Å². The van der Waals surface area contributed by atoms with Crippen molar-refractivity contribution in [1.82, 2.24) is 4.90 Å². The SMILES string of the molecule is N=C(N)c1cccc(CN2CC3CCCC3C2)c1. The van der Waals surface area contributed by atoms with E-state index in [1.165, 1.54) is 37.9 Å². The average molecular weight is 243 g/mol. The van der Waals surface area contributed by atoms with Crippen molar-refractivity contribution in [2.75, 3.05) is 13.1 Å². The van der Waals surface area contributed by atoms with Crippen molar-refractivity contribution in [2.24, 2.45) is 17.6 Å². The number of nitrogens with one attached hydrogen (secondary N) is 1. The molecule has 2 atom stereocenters. The molecule has 0 amide bonds. The first-order chi connectivity index (χ1) is 8.72. The Bertz CT molecular complexity index is 443. The van der Waals surface area contributed by atoms with Crippen LogP contribution in [-0.4, -0.2) is 23.8 Å². The van der Waals surface area contributed by atoms with Crippen LogP contribution in [0.5, 0.6) is 0 Å². The number of hydrogen-bond acceptors (Lipinski definition) is 2. The van der Waals surface area contributed by atoms with Gasteiger partial charge in [-0.3, -0.25) is 10.3 Å². The topological polar surface area (TPSA) is 53.1 Å². The summed E-state index contributed by atoms with van der Waals surface area (Å²) < 4.78 is 0. The third kappa shape index (κ3) is 2.27.